The van der Waals surface area contributed by atoms with Crippen LogP contribution in [0.2, 0.25) is 0 Å². The lowest BCUT2D eigenvalue weighted by atomic mass is 10.1. The third-order valence-electron chi connectivity index (χ3n) is 3.71. The Morgan fingerprint density at radius 2 is 2.04 bits per heavy atom. The van der Waals surface area contributed by atoms with E-state index in [2.05, 4.69) is 33.4 Å². The van der Waals surface area contributed by atoms with Gasteiger partial charge in [0.15, 0.2) is 0 Å². The van der Waals surface area contributed by atoms with Crippen LogP contribution in [-0.2, 0) is 11.2 Å². The molecule has 4 nitrogen and oxygen atoms in total. The van der Waals surface area contributed by atoms with Crippen LogP contribution in [-0.4, -0.2) is 19.1 Å². The van der Waals surface area contributed by atoms with Gasteiger partial charge in [0, 0.05) is 16.6 Å². The van der Waals surface area contributed by atoms with E-state index in [1.165, 1.54) is 5.56 Å². The molecule has 0 unspecified atom stereocenters. The predicted octanol–water partition coefficient (Wildman–Crippen LogP) is 4.50. The van der Waals surface area contributed by atoms with Crippen molar-refractivity contribution in [1.82, 2.24) is 5.32 Å². The molecule has 0 atom stereocenters. The van der Waals surface area contributed by atoms with Crippen LogP contribution in [0.3, 0.4) is 0 Å². The van der Waals surface area contributed by atoms with E-state index in [0.717, 1.165) is 17.3 Å². The molecule has 1 amide bonds. The van der Waals surface area contributed by atoms with Gasteiger partial charge in [-0.05, 0) is 49.6 Å². The highest BCUT2D eigenvalue weighted by molar-refractivity contribution is 9.10. The second kappa shape index (κ2) is 10.4. The van der Waals surface area contributed by atoms with Crippen LogP contribution in [0.4, 0.5) is 0 Å². The van der Waals surface area contributed by atoms with Crippen molar-refractivity contribution in [2.24, 2.45) is 0 Å². The van der Waals surface area contributed by atoms with Crippen LogP contribution in [0.1, 0.15) is 24.5 Å². The number of nitrogens with zero attached hydrogens (tertiary/aromatic N) is 1. The summed E-state index contributed by atoms with van der Waals surface area (Å²) in [5.41, 5.74) is 1.98. The van der Waals surface area contributed by atoms with Gasteiger partial charge >= 0.3 is 0 Å². The third kappa shape index (κ3) is 6.05. The van der Waals surface area contributed by atoms with E-state index >= 15 is 0 Å². The number of rotatable bonds is 8. The number of carbonyl (C=O) groups is 1. The number of halogens is 1. The van der Waals surface area contributed by atoms with Crippen molar-refractivity contribution < 1.29 is 9.53 Å². The van der Waals surface area contributed by atoms with Crippen molar-refractivity contribution in [3.05, 3.63) is 69.7 Å². The summed E-state index contributed by atoms with van der Waals surface area (Å²) in [6.07, 6.45) is 3.25. The highest BCUT2D eigenvalue weighted by Gasteiger charge is 2.11. The van der Waals surface area contributed by atoms with Crippen LogP contribution in [0, 0.1) is 11.3 Å². The monoisotopic (exact) mass is 412 g/mol. The Morgan fingerprint density at radius 1 is 1.27 bits per heavy atom. The average Bonchev–Trinajstić information content (AvgIpc) is 2.66. The number of amides is 1. The highest BCUT2D eigenvalue weighted by Crippen LogP contribution is 2.25. The molecule has 26 heavy (non-hydrogen) atoms. The maximum absolute atomic E-state index is 12.3. The molecule has 0 heterocycles. The summed E-state index contributed by atoms with van der Waals surface area (Å²) < 4.78 is 6.41. The van der Waals surface area contributed by atoms with Crippen LogP contribution in [0.5, 0.6) is 5.75 Å². The molecule has 0 saturated carbocycles. The second-order valence-electron chi connectivity index (χ2n) is 5.63. The van der Waals surface area contributed by atoms with Gasteiger partial charge in [-0.1, -0.05) is 46.3 Å². The normalized spacial score (nSPS) is 10.9. The van der Waals surface area contributed by atoms with Crippen molar-refractivity contribution in [1.29, 1.82) is 5.26 Å². The Kier molecular flexibility index (Phi) is 7.91. The first-order chi connectivity index (χ1) is 12.6. The van der Waals surface area contributed by atoms with Crippen molar-refractivity contribution in [2.75, 3.05) is 13.2 Å². The van der Waals surface area contributed by atoms with Gasteiger partial charge in [-0.15, -0.1) is 0 Å². The minimum absolute atomic E-state index is 0.0590. The fraction of sp³-hybridized carbons (Fsp3) is 0.238. The number of aryl methyl sites for hydroxylation is 1. The molecule has 0 spiro atoms. The molecule has 2 aromatic carbocycles. The van der Waals surface area contributed by atoms with E-state index < -0.39 is 0 Å². The number of hydrogen-bond acceptors (Lipinski definition) is 3. The molecule has 134 valence electrons. The molecule has 0 aromatic heterocycles. The molecule has 1 N–H and O–H groups in total. The van der Waals surface area contributed by atoms with Crippen molar-refractivity contribution >= 4 is 27.9 Å². The van der Waals surface area contributed by atoms with Crippen LogP contribution in [0.15, 0.2) is 58.6 Å². The lowest BCUT2D eigenvalue weighted by Crippen LogP contribution is -2.25. The molecule has 0 aliphatic rings. The van der Waals surface area contributed by atoms with Gasteiger partial charge in [0.25, 0.3) is 5.91 Å². The molecule has 0 saturated heterocycles. The minimum atomic E-state index is -0.372. The average molecular weight is 413 g/mol. The predicted molar refractivity (Wildman–Crippen MR) is 107 cm³/mol. The molecule has 0 radical (unpaired) electrons. The smallest absolute Gasteiger partial charge is 0.261 e. The molecule has 5 heteroatoms. The molecule has 0 fully saturated rings. The summed E-state index contributed by atoms with van der Waals surface area (Å²) in [4.78, 5) is 12.3. The van der Waals surface area contributed by atoms with Gasteiger partial charge in [-0.2, -0.15) is 5.26 Å². The molecule has 2 aromatic rings. The maximum Gasteiger partial charge on any atom is 0.261 e. The molecular formula is C21H21BrN2O2. The maximum atomic E-state index is 12.3. The van der Waals surface area contributed by atoms with E-state index in [1.807, 2.05) is 49.4 Å². The summed E-state index contributed by atoms with van der Waals surface area (Å²) >= 11 is 3.40. The van der Waals surface area contributed by atoms with Gasteiger partial charge in [-0.25, -0.2) is 0 Å². The molecule has 0 bridgehead atoms. The summed E-state index contributed by atoms with van der Waals surface area (Å²) in [5, 5.41) is 12.2. The standard InChI is InChI=1S/C21H21BrN2O2/c1-2-26-20-11-10-19(22)14-17(20)13-18(15-23)21(25)24-12-6-9-16-7-4-3-5-8-16/h3-5,7-8,10-11,13-14H,2,6,9,12H2,1H3,(H,24,25)/b18-13-. The molecule has 0 aliphatic carbocycles. The van der Waals surface area contributed by atoms with Crippen molar-refractivity contribution in [2.45, 2.75) is 19.8 Å². The van der Waals surface area contributed by atoms with Crippen LogP contribution < -0.4 is 10.1 Å². The number of carbonyl (C=O) groups excluding carboxylic acids is 1. The fourth-order valence-corrected chi connectivity index (χ4v) is 2.84. The van der Waals surface area contributed by atoms with E-state index in [-0.39, 0.29) is 11.5 Å². The molecule has 0 aliphatic heterocycles. The summed E-state index contributed by atoms with van der Waals surface area (Å²) in [7, 11) is 0. The van der Waals surface area contributed by atoms with Crippen LogP contribution in [0.25, 0.3) is 6.08 Å². The van der Waals surface area contributed by atoms with Gasteiger partial charge in [-0.3, -0.25) is 4.79 Å². The fourth-order valence-electron chi connectivity index (χ4n) is 2.46. The number of nitrogens with one attached hydrogen (secondary N) is 1. The summed E-state index contributed by atoms with van der Waals surface area (Å²) in [5.74, 6) is 0.267. The second-order valence-corrected chi connectivity index (χ2v) is 6.55. The first-order valence-corrected chi connectivity index (χ1v) is 9.29. The zero-order valence-electron chi connectivity index (χ0n) is 14.7. The molecular weight excluding hydrogens is 392 g/mol. The van der Waals surface area contributed by atoms with E-state index in [4.69, 9.17) is 4.74 Å². The summed E-state index contributed by atoms with van der Waals surface area (Å²) in [6, 6.07) is 17.6. The van der Waals surface area contributed by atoms with Crippen molar-refractivity contribution in [3.63, 3.8) is 0 Å². The van der Waals surface area contributed by atoms with Crippen molar-refractivity contribution in [3.8, 4) is 11.8 Å². The quantitative estimate of drug-likeness (QED) is 0.394. The lowest BCUT2D eigenvalue weighted by Gasteiger charge is -2.09. The highest BCUT2D eigenvalue weighted by atomic mass is 79.9. The minimum Gasteiger partial charge on any atom is -0.493 e. The van der Waals surface area contributed by atoms with Gasteiger partial charge in [0.05, 0.1) is 6.61 Å². The van der Waals surface area contributed by atoms with E-state index in [9.17, 15) is 10.1 Å². The summed E-state index contributed by atoms with van der Waals surface area (Å²) in [6.45, 7) is 2.92. The number of nitriles is 1. The number of hydrogen-bond donors (Lipinski definition) is 1. The van der Waals surface area contributed by atoms with Gasteiger partial charge in [0.2, 0.25) is 0 Å². The van der Waals surface area contributed by atoms with E-state index in [1.54, 1.807) is 6.08 Å². The Hall–Kier alpha value is -2.58. The van der Waals surface area contributed by atoms with Gasteiger partial charge in [0.1, 0.15) is 17.4 Å². The third-order valence-corrected chi connectivity index (χ3v) is 4.20. The Balaban J connectivity index is 1.99. The first-order valence-electron chi connectivity index (χ1n) is 8.50. The SMILES string of the molecule is CCOc1ccc(Br)cc1/C=C(/C#N)C(=O)NCCCc1ccccc1. The Morgan fingerprint density at radius 3 is 2.73 bits per heavy atom. The number of benzene rings is 2. The number of ether oxygens (including phenoxy) is 1. The zero-order valence-corrected chi connectivity index (χ0v) is 16.3. The lowest BCUT2D eigenvalue weighted by molar-refractivity contribution is -0.117. The topological polar surface area (TPSA) is 62.1 Å². The van der Waals surface area contributed by atoms with Crippen LogP contribution >= 0.6 is 15.9 Å². The zero-order chi connectivity index (χ0) is 18.8. The van der Waals surface area contributed by atoms with Gasteiger partial charge < -0.3 is 10.1 Å². The molecule has 2 rings (SSSR count). The Bertz CT molecular complexity index is 811. The first kappa shape index (κ1) is 19.7. The largest absolute Gasteiger partial charge is 0.493 e. The Labute approximate surface area is 162 Å². The van der Waals surface area contributed by atoms with E-state index in [0.29, 0.717) is 24.5 Å².